The first-order chi connectivity index (χ1) is 13.8. The summed E-state index contributed by atoms with van der Waals surface area (Å²) in [5.41, 5.74) is 2.42. The molecule has 0 saturated carbocycles. The lowest BCUT2D eigenvalue weighted by molar-refractivity contribution is -0.137. The van der Waals surface area contributed by atoms with Crippen LogP contribution >= 0.6 is 0 Å². The van der Waals surface area contributed by atoms with Crippen LogP contribution in [0.2, 0.25) is 0 Å². The number of hydrogen-bond donors (Lipinski definition) is 1. The zero-order valence-corrected chi connectivity index (χ0v) is 15.7. The van der Waals surface area contributed by atoms with Gasteiger partial charge in [-0.1, -0.05) is 24.3 Å². The van der Waals surface area contributed by atoms with Gasteiger partial charge in [0.15, 0.2) is 5.82 Å². The molecule has 1 aliphatic carbocycles. The van der Waals surface area contributed by atoms with Crippen molar-refractivity contribution in [3.05, 3.63) is 76.7 Å². The normalized spacial score (nSPS) is 16.3. The van der Waals surface area contributed by atoms with E-state index in [-0.39, 0.29) is 17.8 Å². The van der Waals surface area contributed by atoms with Gasteiger partial charge in [0.05, 0.1) is 29.1 Å². The number of benzene rings is 1. The molecule has 3 aromatic rings. The van der Waals surface area contributed by atoms with Crippen LogP contribution < -0.4 is 5.32 Å². The number of fused-ring (bicyclic) bond motifs is 1. The van der Waals surface area contributed by atoms with E-state index in [1.54, 1.807) is 6.92 Å². The number of nitrogens with one attached hydrogen (secondary N) is 1. The van der Waals surface area contributed by atoms with E-state index in [0.29, 0.717) is 11.3 Å². The van der Waals surface area contributed by atoms with Crippen LogP contribution in [0.25, 0.3) is 5.82 Å². The summed E-state index contributed by atoms with van der Waals surface area (Å²) < 4.78 is 39.5. The average molecular weight is 400 g/mol. The third-order valence-electron chi connectivity index (χ3n) is 5.22. The Morgan fingerprint density at radius 2 is 1.97 bits per heavy atom. The largest absolute Gasteiger partial charge is 0.417 e. The Labute approximate surface area is 165 Å². The lowest BCUT2D eigenvalue weighted by Gasteiger charge is -2.26. The van der Waals surface area contributed by atoms with Gasteiger partial charge in [0.2, 0.25) is 0 Å². The molecule has 0 saturated heterocycles. The highest BCUT2D eigenvalue weighted by Crippen LogP contribution is 2.30. The highest BCUT2D eigenvalue weighted by molar-refractivity contribution is 5.95. The van der Waals surface area contributed by atoms with Gasteiger partial charge in [0.1, 0.15) is 0 Å². The molecule has 1 aliphatic rings. The first-order valence-electron chi connectivity index (χ1n) is 9.31. The Hall–Kier alpha value is -3.16. The van der Waals surface area contributed by atoms with Crippen molar-refractivity contribution in [1.29, 1.82) is 0 Å². The van der Waals surface area contributed by atoms with E-state index in [0.717, 1.165) is 37.1 Å². The van der Waals surface area contributed by atoms with E-state index in [4.69, 9.17) is 0 Å². The molecule has 150 valence electrons. The van der Waals surface area contributed by atoms with Crippen LogP contribution in [0.5, 0.6) is 0 Å². The lowest BCUT2D eigenvalue weighted by atomic mass is 9.87. The summed E-state index contributed by atoms with van der Waals surface area (Å²) in [6, 6.07) is 10.2. The molecule has 0 aliphatic heterocycles. The standard InChI is InChI=1S/C21H19F3N4O/c1-13-17(12-26-28(13)19-10-9-15(11-25-19)21(22,23)24)20(29)27-18-8-4-6-14-5-2-3-7-16(14)18/h2-3,5,7,9-12,18H,4,6,8H2,1H3,(H,27,29). The van der Waals surface area contributed by atoms with Crippen LogP contribution in [0, 0.1) is 6.92 Å². The van der Waals surface area contributed by atoms with E-state index in [1.165, 1.54) is 22.5 Å². The minimum Gasteiger partial charge on any atom is -0.345 e. The molecule has 1 atom stereocenters. The van der Waals surface area contributed by atoms with E-state index in [9.17, 15) is 18.0 Å². The molecule has 1 aromatic carbocycles. The van der Waals surface area contributed by atoms with Crippen molar-refractivity contribution in [1.82, 2.24) is 20.1 Å². The quantitative estimate of drug-likeness (QED) is 0.709. The van der Waals surface area contributed by atoms with Gasteiger partial charge in [-0.3, -0.25) is 4.79 Å². The number of nitrogens with zero attached hydrogens (tertiary/aromatic N) is 3. The van der Waals surface area contributed by atoms with Crippen molar-refractivity contribution in [2.45, 2.75) is 38.4 Å². The van der Waals surface area contributed by atoms with E-state index >= 15 is 0 Å². The van der Waals surface area contributed by atoms with E-state index in [1.807, 2.05) is 18.2 Å². The molecule has 1 amide bonds. The topological polar surface area (TPSA) is 59.8 Å². The van der Waals surface area contributed by atoms with Crippen LogP contribution in [0.4, 0.5) is 13.2 Å². The summed E-state index contributed by atoms with van der Waals surface area (Å²) in [6.45, 7) is 1.69. The summed E-state index contributed by atoms with van der Waals surface area (Å²) >= 11 is 0. The summed E-state index contributed by atoms with van der Waals surface area (Å²) in [4.78, 5) is 16.7. The van der Waals surface area contributed by atoms with Gasteiger partial charge in [0, 0.05) is 6.20 Å². The minimum absolute atomic E-state index is 0.0700. The fraction of sp³-hybridized carbons (Fsp3) is 0.286. The summed E-state index contributed by atoms with van der Waals surface area (Å²) in [7, 11) is 0. The van der Waals surface area contributed by atoms with Gasteiger partial charge in [-0.15, -0.1) is 0 Å². The van der Waals surface area contributed by atoms with Gasteiger partial charge >= 0.3 is 6.18 Å². The number of aromatic nitrogens is 3. The Morgan fingerprint density at radius 1 is 1.17 bits per heavy atom. The predicted octanol–water partition coefficient (Wildman–Crippen LogP) is 4.40. The maximum absolute atomic E-state index is 12.8. The van der Waals surface area contributed by atoms with Crippen LogP contribution in [0.3, 0.4) is 0 Å². The summed E-state index contributed by atoms with van der Waals surface area (Å²) in [6.07, 6.45) is 0.575. The Balaban J connectivity index is 1.55. The summed E-state index contributed by atoms with van der Waals surface area (Å²) in [5.74, 6) is -0.0417. The van der Waals surface area contributed by atoms with Crippen molar-refractivity contribution in [3.63, 3.8) is 0 Å². The van der Waals surface area contributed by atoms with Crippen molar-refractivity contribution in [3.8, 4) is 5.82 Å². The van der Waals surface area contributed by atoms with Gasteiger partial charge < -0.3 is 5.32 Å². The lowest BCUT2D eigenvalue weighted by Crippen LogP contribution is -2.31. The minimum atomic E-state index is -4.45. The SMILES string of the molecule is Cc1c(C(=O)NC2CCCc3ccccc32)cnn1-c1ccc(C(F)(F)F)cn1. The fourth-order valence-corrected chi connectivity index (χ4v) is 3.68. The Kier molecular flexibility index (Phi) is 4.86. The molecule has 0 radical (unpaired) electrons. The average Bonchev–Trinajstić information content (AvgIpc) is 3.09. The molecule has 8 heteroatoms. The highest BCUT2D eigenvalue weighted by atomic mass is 19.4. The van der Waals surface area contributed by atoms with Crippen molar-refractivity contribution >= 4 is 5.91 Å². The van der Waals surface area contributed by atoms with Gasteiger partial charge in [0.25, 0.3) is 5.91 Å². The molecule has 2 aromatic heterocycles. The number of rotatable bonds is 3. The molecular formula is C21H19F3N4O. The predicted molar refractivity (Wildman–Crippen MR) is 101 cm³/mol. The molecule has 1 N–H and O–H groups in total. The van der Waals surface area contributed by atoms with Crippen molar-refractivity contribution in [2.24, 2.45) is 0 Å². The van der Waals surface area contributed by atoms with Crippen LogP contribution in [0.15, 0.2) is 48.8 Å². The smallest absolute Gasteiger partial charge is 0.345 e. The van der Waals surface area contributed by atoms with Crippen LogP contribution in [0.1, 0.15) is 51.6 Å². The molecule has 0 fully saturated rings. The zero-order chi connectivity index (χ0) is 20.6. The number of hydrogen-bond acceptors (Lipinski definition) is 3. The molecule has 29 heavy (non-hydrogen) atoms. The molecule has 4 rings (SSSR count). The van der Waals surface area contributed by atoms with E-state index in [2.05, 4.69) is 21.5 Å². The van der Waals surface area contributed by atoms with Gasteiger partial charge in [-0.25, -0.2) is 9.67 Å². The number of pyridine rings is 1. The first kappa shape index (κ1) is 19.2. The number of halogens is 3. The van der Waals surface area contributed by atoms with Crippen molar-refractivity contribution < 1.29 is 18.0 Å². The number of carbonyl (C=O) groups excluding carboxylic acids is 1. The Morgan fingerprint density at radius 3 is 2.69 bits per heavy atom. The second-order valence-electron chi connectivity index (χ2n) is 7.08. The molecular weight excluding hydrogens is 381 g/mol. The van der Waals surface area contributed by atoms with Crippen LogP contribution in [-0.2, 0) is 12.6 Å². The first-order valence-corrected chi connectivity index (χ1v) is 9.31. The molecule has 0 bridgehead atoms. The highest BCUT2D eigenvalue weighted by Gasteiger charge is 2.31. The molecule has 0 spiro atoms. The number of alkyl halides is 3. The monoisotopic (exact) mass is 400 g/mol. The maximum Gasteiger partial charge on any atom is 0.417 e. The number of carbonyl (C=O) groups is 1. The second kappa shape index (κ2) is 7.35. The number of amides is 1. The molecule has 5 nitrogen and oxygen atoms in total. The van der Waals surface area contributed by atoms with Crippen LogP contribution in [-0.4, -0.2) is 20.7 Å². The summed E-state index contributed by atoms with van der Waals surface area (Å²) in [5, 5.41) is 7.21. The zero-order valence-electron chi connectivity index (χ0n) is 15.7. The second-order valence-corrected chi connectivity index (χ2v) is 7.08. The maximum atomic E-state index is 12.8. The van der Waals surface area contributed by atoms with Gasteiger partial charge in [-0.05, 0) is 49.4 Å². The molecule has 2 heterocycles. The fourth-order valence-electron chi connectivity index (χ4n) is 3.68. The Bertz CT molecular complexity index is 1040. The van der Waals surface area contributed by atoms with Crippen molar-refractivity contribution in [2.75, 3.05) is 0 Å². The third-order valence-corrected chi connectivity index (χ3v) is 5.22. The number of aryl methyl sites for hydroxylation is 1. The van der Waals surface area contributed by atoms with Gasteiger partial charge in [-0.2, -0.15) is 18.3 Å². The van der Waals surface area contributed by atoms with E-state index < -0.39 is 11.7 Å². The third kappa shape index (κ3) is 3.74. The molecule has 1 unspecified atom stereocenters.